The minimum Gasteiger partial charge on any atom is -0.295 e. The molecule has 0 aliphatic carbocycles. The van der Waals surface area contributed by atoms with E-state index in [-0.39, 0.29) is 0 Å². The maximum absolute atomic E-state index is 11.1. The average Bonchev–Trinajstić information content (AvgIpc) is 1.84. The van der Waals surface area contributed by atoms with Crippen LogP contribution in [0.2, 0.25) is 0 Å². The van der Waals surface area contributed by atoms with Crippen molar-refractivity contribution in [3.05, 3.63) is 0 Å². The third-order valence-electron chi connectivity index (χ3n) is 1.13. The molecule has 0 bridgehead atoms. The van der Waals surface area contributed by atoms with E-state index in [1.807, 2.05) is 0 Å². The van der Waals surface area contributed by atoms with Gasteiger partial charge < -0.3 is 0 Å². The van der Waals surface area contributed by atoms with Crippen molar-refractivity contribution in [1.82, 2.24) is 0 Å². The topological polar surface area (TPSA) is 43.1 Å². The quantitative estimate of drug-likeness (QED) is 0.653. The fourth-order valence-electron chi connectivity index (χ4n) is 0.470. The molecular weight excluding hydrogens is 153 g/mol. The normalized spacial score (nSPS) is 17.2. The van der Waals surface area contributed by atoms with Crippen LogP contribution >= 0.6 is 17.9 Å². The van der Waals surface area contributed by atoms with Gasteiger partial charge in [0.25, 0.3) is 0 Å². The molecule has 0 amide bonds. The molecule has 0 aliphatic heterocycles. The average molecular weight is 167 g/mol. The Kier molecular flexibility index (Phi) is 4.63. The number of rotatable bonds is 4. The van der Waals surface area contributed by atoms with Crippen LogP contribution in [0.4, 0.5) is 0 Å². The van der Waals surface area contributed by atoms with Crippen molar-refractivity contribution in [1.29, 1.82) is 0 Å². The summed E-state index contributed by atoms with van der Waals surface area (Å²) in [6.45, 7) is -0.204. The van der Waals surface area contributed by atoms with Gasteiger partial charge in [-0.3, -0.25) is 10.1 Å². The standard InChI is InChI=1S/C5H14NOPS/c1-3-4-5-8(6,7)9-2/h3-5H2,1-2H3,(H2,6,7). The molecule has 0 saturated carbocycles. The third kappa shape index (κ3) is 5.01. The first-order valence-corrected chi connectivity index (χ1v) is 6.85. The van der Waals surface area contributed by atoms with E-state index in [0.29, 0.717) is 6.16 Å². The van der Waals surface area contributed by atoms with Gasteiger partial charge >= 0.3 is 0 Å². The van der Waals surface area contributed by atoms with Gasteiger partial charge in [0.05, 0.1) is 0 Å². The second-order valence-corrected chi connectivity index (χ2v) is 7.20. The van der Waals surface area contributed by atoms with Crippen molar-refractivity contribution in [2.75, 3.05) is 12.4 Å². The Labute approximate surface area is 60.8 Å². The molecule has 0 aromatic carbocycles. The lowest BCUT2D eigenvalue weighted by Gasteiger charge is -2.06. The van der Waals surface area contributed by atoms with Gasteiger partial charge in [-0.05, 0) is 12.7 Å². The van der Waals surface area contributed by atoms with Crippen LogP contribution < -0.4 is 5.50 Å². The van der Waals surface area contributed by atoms with Crippen molar-refractivity contribution < 1.29 is 4.57 Å². The van der Waals surface area contributed by atoms with E-state index in [9.17, 15) is 4.57 Å². The number of unbranched alkanes of at least 4 members (excludes halogenated alkanes) is 1. The van der Waals surface area contributed by atoms with Crippen LogP contribution in [0.15, 0.2) is 0 Å². The largest absolute Gasteiger partial charge is 0.295 e. The molecule has 2 N–H and O–H groups in total. The SMILES string of the molecule is CCCCP(N)(=O)SC. The van der Waals surface area contributed by atoms with Crippen molar-refractivity contribution in [2.45, 2.75) is 19.8 Å². The second kappa shape index (κ2) is 4.37. The van der Waals surface area contributed by atoms with Crippen molar-refractivity contribution >= 4 is 17.9 Å². The zero-order valence-electron chi connectivity index (χ0n) is 5.96. The maximum Gasteiger partial charge on any atom is 0.197 e. The smallest absolute Gasteiger partial charge is 0.197 e. The lowest BCUT2D eigenvalue weighted by molar-refractivity contribution is 0.584. The first-order valence-electron chi connectivity index (χ1n) is 3.05. The summed E-state index contributed by atoms with van der Waals surface area (Å²) in [4.78, 5) is 0. The lowest BCUT2D eigenvalue weighted by atomic mass is 10.4. The molecule has 0 rings (SSSR count). The molecule has 0 aromatic heterocycles. The molecule has 9 heavy (non-hydrogen) atoms. The molecular formula is C5H14NOPS. The van der Waals surface area contributed by atoms with E-state index in [4.69, 9.17) is 5.50 Å². The van der Waals surface area contributed by atoms with Crippen molar-refractivity contribution in [3.8, 4) is 0 Å². The number of hydrogen-bond donors (Lipinski definition) is 1. The summed E-state index contributed by atoms with van der Waals surface area (Å²) >= 11 is 1.30. The number of nitrogens with two attached hydrogens (primary N) is 1. The minimum absolute atomic E-state index is 0.685. The highest BCUT2D eigenvalue weighted by Gasteiger charge is 2.11. The summed E-state index contributed by atoms with van der Waals surface area (Å²) in [6, 6.07) is 0. The van der Waals surface area contributed by atoms with E-state index >= 15 is 0 Å². The highest BCUT2D eigenvalue weighted by Crippen LogP contribution is 2.49. The Balaban J connectivity index is 3.46. The van der Waals surface area contributed by atoms with Gasteiger partial charge in [0, 0.05) is 6.16 Å². The molecule has 0 radical (unpaired) electrons. The van der Waals surface area contributed by atoms with E-state index in [1.165, 1.54) is 11.4 Å². The van der Waals surface area contributed by atoms with Crippen molar-refractivity contribution in [3.63, 3.8) is 0 Å². The predicted molar refractivity (Wildman–Crippen MR) is 45.1 cm³/mol. The molecule has 0 spiro atoms. The van der Waals surface area contributed by atoms with Gasteiger partial charge in [0.1, 0.15) is 0 Å². The Morgan fingerprint density at radius 1 is 1.67 bits per heavy atom. The van der Waals surface area contributed by atoms with Gasteiger partial charge in [-0.2, -0.15) is 0 Å². The van der Waals surface area contributed by atoms with Gasteiger partial charge in [-0.1, -0.05) is 24.7 Å². The third-order valence-corrected chi connectivity index (χ3v) is 5.09. The minimum atomic E-state index is -2.27. The molecule has 0 fully saturated rings. The van der Waals surface area contributed by atoms with Crippen LogP contribution in [0, 0.1) is 0 Å². The van der Waals surface area contributed by atoms with Crippen LogP contribution in [0.25, 0.3) is 0 Å². The fraction of sp³-hybridized carbons (Fsp3) is 1.00. The van der Waals surface area contributed by atoms with Gasteiger partial charge in [0.2, 0.25) is 0 Å². The van der Waals surface area contributed by atoms with E-state index in [0.717, 1.165) is 12.8 Å². The first kappa shape index (κ1) is 9.54. The molecule has 56 valence electrons. The van der Waals surface area contributed by atoms with Crippen LogP contribution in [-0.4, -0.2) is 12.4 Å². The Bertz CT molecular complexity index is 118. The van der Waals surface area contributed by atoms with Crippen LogP contribution in [0.1, 0.15) is 19.8 Å². The summed E-state index contributed by atoms with van der Waals surface area (Å²) < 4.78 is 11.1. The van der Waals surface area contributed by atoms with Gasteiger partial charge in [-0.15, -0.1) is 0 Å². The zero-order chi connectivity index (χ0) is 7.33. The van der Waals surface area contributed by atoms with E-state index < -0.39 is 6.49 Å². The summed E-state index contributed by atoms with van der Waals surface area (Å²) in [5.74, 6) is 0. The molecule has 4 heteroatoms. The summed E-state index contributed by atoms with van der Waals surface area (Å²) in [7, 11) is 0. The van der Waals surface area contributed by atoms with Gasteiger partial charge in [0.15, 0.2) is 6.49 Å². The zero-order valence-corrected chi connectivity index (χ0v) is 7.67. The van der Waals surface area contributed by atoms with Crippen molar-refractivity contribution in [2.24, 2.45) is 5.50 Å². The Morgan fingerprint density at radius 2 is 2.22 bits per heavy atom. The second-order valence-electron chi connectivity index (χ2n) is 1.99. The van der Waals surface area contributed by atoms with E-state index in [2.05, 4.69) is 6.92 Å². The van der Waals surface area contributed by atoms with Gasteiger partial charge in [-0.25, -0.2) is 0 Å². The molecule has 1 atom stereocenters. The van der Waals surface area contributed by atoms with E-state index in [1.54, 1.807) is 6.26 Å². The van der Waals surface area contributed by atoms with Crippen LogP contribution in [0.3, 0.4) is 0 Å². The summed E-state index contributed by atoms with van der Waals surface area (Å²) in [6.07, 6.45) is 4.54. The van der Waals surface area contributed by atoms with Crippen LogP contribution in [-0.2, 0) is 4.57 Å². The lowest BCUT2D eigenvalue weighted by Crippen LogP contribution is -1.94. The first-order chi connectivity index (χ1) is 4.12. The maximum atomic E-state index is 11.1. The summed E-state index contributed by atoms with van der Waals surface area (Å²) in [5.41, 5.74) is 5.42. The molecule has 0 aliphatic rings. The Hall–Kier alpha value is 0.540. The monoisotopic (exact) mass is 167 g/mol. The molecule has 0 saturated heterocycles. The fourth-order valence-corrected chi connectivity index (χ4v) is 2.34. The summed E-state index contributed by atoms with van der Waals surface area (Å²) in [5, 5.41) is 0. The predicted octanol–water partition coefficient (Wildman–Crippen LogP) is 2.30. The molecule has 0 heterocycles. The molecule has 0 aromatic rings. The Morgan fingerprint density at radius 3 is 2.56 bits per heavy atom. The molecule has 1 unspecified atom stereocenters. The highest BCUT2D eigenvalue weighted by atomic mass is 32.7. The number of hydrogen-bond acceptors (Lipinski definition) is 2. The molecule has 2 nitrogen and oxygen atoms in total. The van der Waals surface area contributed by atoms with Crippen LogP contribution in [0.5, 0.6) is 0 Å². The highest BCUT2D eigenvalue weighted by molar-refractivity contribution is 8.57.